The number of nitrogens with one attached hydrogen (secondary N) is 2. The molecule has 176 valence electrons. The van der Waals surface area contributed by atoms with E-state index in [-0.39, 0.29) is 37.9 Å². The molecule has 1 fully saturated rings. The Morgan fingerprint density at radius 2 is 2.00 bits per heavy atom. The van der Waals surface area contributed by atoms with E-state index in [1.165, 1.54) is 30.3 Å². The van der Waals surface area contributed by atoms with Crippen LogP contribution in [-0.2, 0) is 16.4 Å². The lowest BCUT2D eigenvalue weighted by molar-refractivity contribution is 0.0949. The van der Waals surface area contributed by atoms with E-state index in [1.807, 2.05) is 0 Å². The van der Waals surface area contributed by atoms with Crippen LogP contribution in [-0.4, -0.2) is 38.3 Å². The van der Waals surface area contributed by atoms with Gasteiger partial charge in [-0.15, -0.1) is 11.3 Å². The zero-order valence-electron chi connectivity index (χ0n) is 18.8. The van der Waals surface area contributed by atoms with Gasteiger partial charge < -0.3 is 15.5 Å². The molecule has 2 aromatic carbocycles. The van der Waals surface area contributed by atoms with Gasteiger partial charge in [0.2, 0.25) is 9.84 Å². The van der Waals surface area contributed by atoms with Gasteiger partial charge in [-0.3, -0.25) is 9.59 Å². The minimum Gasteiger partial charge on any atom is -0.348 e. The Morgan fingerprint density at radius 1 is 1.21 bits per heavy atom. The molecule has 2 aliphatic heterocycles. The maximum atomic E-state index is 13.1. The number of sulfone groups is 1. The predicted octanol–water partition coefficient (Wildman–Crippen LogP) is 3.71. The van der Waals surface area contributed by atoms with Gasteiger partial charge in [0.1, 0.15) is 0 Å². The molecule has 0 aliphatic carbocycles. The number of anilines is 2. The van der Waals surface area contributed by atoms with Gasteiger partial charge in [0.15, 0.2) is 5.13 Å². The fourth-order valence-corrected chi connectivity index (χ4v) is 6.74. The van der Waals surface area contributed by atoms with E-state index in [1.54, 1.807) is 29.7 Å². The number of hydrogen-bond acceptors (Lipinski definition) is 7. The number of rotatable bonds is 4. The first-order valence-corrected chi connectivity index (χ1v) is 13.2. The number of benzene rings is 2. The van der Waals surface area contributed by atoms with Gasteiger partial charge >= 0.3 is 0 Å². The van der Waals surface area contributed by atoms with E-state index in [0.717, 1.165) is 29.5 Å². The van der Waals surface area contributed by atoms with Crippen molar-refractivity contribution in [3.8, 4) is 0 Å². The Kier molecular flexibility index (Phi) is 5.44. The smallest absolute Gasteiger partial charge is 0.257 e. The predicted molar refractivity (Wildman–Crippen MR) is 130 cm³/mol. The van der Waals surface area contributed by atoms with Gasteiger partial charge in [0.25, 0.3) is 11.8 Å². The highest BCUT2D eigenvalue weighted by atomic mass is 32.2. The molecule has 0 bridgehead atoms. The standard InChI is InChI=1S/C24H24N4O4S2/c1-24(2)9-10-28(14-24)23-26-13-16(33-23)12-25-21(29)15-7-8-20-18(11-15)27-22(30)17-5-3-4-6-19(17)34(20,31)32/h3-8,11,13H,9-10,12,14H2,1-2H3,(H,25,29)(H,27,30). The van der Waals surface area contributed by atoms with Crippen LogP contribution in [0.1, 0.15) is 45.9 Å². The van der Waals surface area contributed by atoms with Crippen molar-refractivity contribution in [2.75, 3.05) is 23.3 Å². The Labute approximate surface area is 201 Å². The molecule has 3 heterocycles. The van der Waals surface area contributed by atoms with Gasteiger partial charge in [0, 0.05) is 29.7 Å². The summed E-state index contributed by atoms with van der Waals surface area (Å²) in [7, 11) is -3.91. The quantitative estimate of drug-likeness (QED) is 0.570. The second-order valence-corrected chi connectivity index (χ2v) is 12.3. The molecule has 3 aromatic rings. The SMILES string of the molecule is CC1(C)CCN(c2ncc(CNC(=O)c3ccc4c(c3)NC(=O)c3ccccc3S4(=O)=O)s2)C1. The van der Waals surface area contributed by atoms with E-state index in [9.17, 15) is 18.0 Å². The molecule has 0 spiro atoms. The van der Waals surface area contributed by atoms with Crippen LogP contribution in [0.3, 0.4) is 0 Å². The third-order valence-corrected chi connectivity index (χ3v) is 9.04. The summed E-state index contributed by atoms with van der Waals surface area (Å²) >= 11 is 1.55. The van der Waals surface area contributed by atoms with Crippen molar-refractivity contribution in [2.45, 2.75) is 36.6 Å². The molecule has 0 atom stereocenters. The van der Waals surface area contributed by atoms with Crippen LogP contribution in [0.5, 0.6) is 0 Å². The summed E-state index contributed by atoms with van der Waals surface area (Å²) in [6, 6.07) is 10.3. The van der Waals surface area contributed by atoms with Crippen molar-refractivity contribution in [2.24, 2.45) is 5.41 Å². The largest absolute Gasteiger partial charge is 0.348 e. The zero-order valence-corrected chi connectivity index (χ0v) is 20.4. The average Bonchev–Trinajstić information content (AvgIpc) is 3.41. The summed E-state index contributed by atoms with van der Waals surface area (Å²) in [5.41, 5.74) is 0.694. The van der Waals surface area contributed by atoms with Crippen LogP contribution in [0, 0.1) is 5.41 Å². The maximum Gasteiger partial charge on any atom is 0.257 e. The normalized spacial score (nSPS) is 17.9. The highest BCUT2D eigenvalue weighted by Gasteiger charge is 2.32. The van der Waals surface area contributed by atoms with E-state index in [4.69, 9.17) is 0 Å². The van der Waals surface area contributed by atoms with Crippen LogP contribution >= 0.6 is 11.3 Å². The number of hydrogen-bond donors (Lipinski definition) is 2. The lowest BCUT2D eigenvalue weighted by Gasteiger charge is -2.18. The molecular formula is C24H24N4O4S2. The monoisotopic (exact) mass is 496 g/mol. The van der Waals surface area contributed by atoms with Gasteiger partial charge in [-0.05, 0) is 42.2 Å². The molecule has 2 amide bonds. The number of thiazole rings is 1. The fraction of sp³-hybridized carbons (Fsp3) is 0.292. The summed E-state index contributed by atoms with van der Waals surface area (Å²) < 4.78 is 26.2. The van der Waals surface area contributed by atoms with E-state index in [0.29, 0.717) is 6.54 Å². The van der Waals surface area contributed by atoms with Crippen LogP contribution < -0.4 is 15.5 Å². The Hall–Kier alpha value is -3.24. The van der Waals surface area contributed by atoms with Crippen LogP contribution in [0.25, 0.3) is 0 Å². The lowest BCUT2D eigenvalue weighted by Crippen LogP contribution is -2.23. The first kappa shape index (κ1) is 22.5. The molecular weight excluding hydrogens is 472 g/mol. The summed E-state index contributed by atoms with van der Waals surface area (Å²) in [5.74, 6) is -0.897. The van der Waals surface area contributed by atoms with Gasteiger partial charge in [0.05, 0.1) is 27.6 Å². The Bertz CT molecular complexity index is 1410. The summed E-state index contributed by atoms with van der Waals surface area (Å²) in [6.45, 7) is 6.73. The van der Waals surface area contributed by atoms with E-state index >= 15 is 0 Å². The van der Waals surface area contributed by atoms with Crippen molar-refractivity contribution in [3.05, 3.63) is 64.7 Å². The first-order chi connectivity index (χ1) is 16.1. The molecule has 34 heavy (non-hydrogen) atoms. The maximum absolute atomic E-state index is 13.1. The minimum absolute atomic E-state index is 0.0389. The third kappa shape index (κ3) is 4.07. The van der Waals surface area contributed by atoms with E-state index < -0.39 is 15.7 Å². The van der Waals surface area contributed by atoms with Crippen molar-refractivity contribution in [1.29, 1.82) is 0 Å². The Morgan fingerprint density at radius 3 is 2.76 bits per heavy atom. The number of fused-ring (bicyclic) bond motifs is 2. The number of nitrogens with zero attached hydrogens (tertiary/aromatic N) is 2. The van der Waals surface area contributed by atoms with Crippen molar-refractivity contribution in [3.63, 3.8) is 0 Å². The summed E-state index contributed by atoms with van der Waals surface area (Å²) in [6.07, 6.45) is 2.89. The number of carbonyl (C=O) groups is 2. The Balaban J connectivity index is 1.32. The van der Waals surface area contributed by atoms with Crippen molar-refractivity contribution >= 4 is 43.8 Å². The molecule has 5 rings (SSSR count). The highest BCUT2D eigenvalue weighted by molar-refractivity contribution is 7.91. The summed E-state index contributed by atoms with van der Waals surface area (Å²) in [4.78, 5) is 33.0. The topological polar surface area (TPSA) is 108 Å². The van der Waals surface area contributed by atoms with Gasteiger partial charge in [-0.1, -0.05) is 26.0 Å². The molecule has 0 radical (unpaired) electrons. The number of carbonyl (C=O) groups excluding carboxylic acids is 2. The van der Waals surface area contributed by atoms with Crippen molar-refractivity contribution < 1.29 is 18.0 Å². The molecule has 0 saturated carbocycles. The molecule has 1 saturated heterocycles. The van der Waals surface area contributed by atoms with Crippen LogP contribution in [0.15, 0.2) is 58.5 Å². The first-order valence-electron chi connectivity index (χ1n) is 10.9. The third-order valence-electron chi connectivity index (χ3n) is 6.11. The lowest BCUT2D eigenvalue weighted by atomic mass is 9.93. The number of amides is 2. The van der Waals surface area contributed by atoms with Gasteiger partial charge in [-0.25, -0.2) is 13.4 Å². The van der Waals surface area contributed by atoms with Crippen molar-refractivity contribution in [1.82, 2.24) is 10.3 Å². The summed E-state index contributed by atoms with van der Waals surface area (Å²) in [5, 5.41) is 6.44. The van der Waals surface area contributed by atoms with Gasteiger partial charge in [-0.2, -0.15) is 0 Å². The molecule has 10 heteroatoms. The molecule has 1 aromatic heterocycles. The minimum atomic E-state index is -3.91. The van der Waals surface area contributed by atoms with Crippen LogP contribution in [0.2, 0.25) is 0 Å². The molecule has 8 nitrogen and oxygen atoms in total. The molecule has 2 N–H and O–H groups in total. The fourth-order valence-electron chi connectivity index (χ4n) is 4.27. The average molecular weight is 497 g/mol. The molecule has 0 unspecified atom stereocenters. The molecule has 2 aliphatic rings. The number of aromatic nitrogens is 1. The zero-order chi connectivity index (χ0) is 24.1. The van der Waals surface area contributed by atoms with E-state index in [2.05, 4.69) is 34.4 Å². The van der Waals surface area contributed by atoms with Crippen LogP contribution in [0.4, 0.5) is 10.8 Å². The second-order valence-electron chi connectivity index (χ2n) is 9.29. The highest BCUT2D eigenvalue weighted by Crippen LogP contribution is 2.35. The second kappa shape index (κ2) is 8.21.